The molecule has 1 saturated heterocycles. The maximum atomic E-state index is 5.96. The second-order valence-electron chi connectivity index (χ2n) is 7.29. The van der Waals surface area contributed by atoms with E-state index in [-0.39, 0.29) is 30.1 Å². The normalized spacial score (nSPS) is 16.0. The highest BCUT2D eigenvalue weighted by molar-refractivity contribution is 14.0. The maximum absolute atomic E-state index is 5.96. The van der Waals surface area contributed by atoms with E-state index in [0.717, 1.165) is 43.5 Å². The fraction of sp³-hybridized carbons (Fsp3) is 0.455. The van der Waals surface area contributed by atoms with Gasteiger partial charge in [0.25, 0.3) is 0 Å². The van der Waals surface area contributed by atoms with Gasteiger partial charge >= 0.3 is 0 Å². The molecule has 0 aliphatic carbocycles. The summed E-state index contributed by atoms with van der Waals surface area (Å²) >= 11 is 0. The number of aliphatic imine (C=N–C) groups is 1. The largest absolute Gasteiger partial charge is 0.489 e. The van der Waals surface area contributed by atoms with Crippen molar-refractivity contribution in [3.63, 3.8) is 0 Å². The highest BCUT2D eigenvalue weighted by Gasteiger charge is 2.20. The molecule has 1 aliphatic rings. The van der Waals surface area contributed by atoms with Crippen LogP contribution in [0.15, 0.2) is 53.7 Å². The molecular weight excluding hydrogens is 477 g/mol. The van der Waals surface area contributed by atoms with Crippen LogP contribution in [-0.2, 0) is 0 Å². The molecule has 1 atom stereocenters. The van der Waals surface area contributed by atoms with E-state index in [1.165, 1.54) is 5.56 Å². The van der Waals surface area contributed by atoms with E-state index in [0.29, 0.717) is 12.6 Å². The lowest BCUT2D eigenvalue weighted by atomic mass is 10.1. The van der Waals surface area contributed by atoms with E-state index < -0.39 is 0 Å². The molecule has 2 heterocycles. The van der Waals surface area contributed by atoms with Crippen molar-refractivity contribution < 1.29 is 4.74 Å². The minimum Gasteiger partial charge on any atom is -0.489 e. The lowest BCUT2D eigenvalue weighted by Crippen LogP contribution is -2.50. The number of benzene rings is 1. The third-order valence-electron chi connectivity index (χ3n) is 4.95. The van der Waals surface area contributed by atoms with Crippen molar-refractivity contribution in [2.75, 3.05) is 31.6 Å². The predicted octanol–water partition coefficient (Wildman–Crippen LogP) is 3.61. The van der Waals surface area contributed by atoms with Crippen LogP contribution in [-0.4, -0.2) is 49.8 Å². The Labute approximate surface area is 191 Å². The number of ether oxygens (including phenoxy) is 1. The van der Waals surface area contributed by atoms with Crippen molar-refractivity contribution >= 4 is 35.8 Å². The van der Waals surface area contributed by atoms with Crippen molar-refractivity contribution in [3.05, 3.63) is 54.2 Å². The first-order valence-corrected chi connectivity index (χ1v) is 10.0. The van der Waals surface area contributed by atoms with Gasteiger partial charge in [0.15, 0.2) is 5.96 Å². The lowest BCUT2D eigenvalue weighted by molar-refractivity contribution is 0.223. The summed E-state index contributed by atoms with van der Waals surface area (Å²) in [6.45, 7) is 6.83. The van der Waals surface area contributed by atoms with Gasteiger partial charge < -0.3 is 20.3 Å². The monoisotopic (exact) mass is 509 g/mol. The van der Waals surface area contributed by atoms with Gasteiger partial charge in [-0.2, -0.15) is 0 Å². The number of aromatic nitrogens is 1. The van der Waals surface area contributed by atoms with Gasteiger partial charge in [-0.05, 0) is 51.0 Å². The molecule has 3 rings (SSSR count). The lowest BCUT2D eigenvalue weighted by Gasteiger charge is -2.33. The summed E-state index contributed by atoms with van der Waals surface area (Å²) in [5.41, 5.74) is 1.23. The van der Waals surface area contributed by atoms with Gasteiger partial charge in [0.2, 0.25) is 0 Å². The summed E-state index contributed by atoms with van der Waals surface area (Å²) in [4.78, 5) is 11.2. The number of guanidine groups is 1. The average molecular weight is 509 g/mol. The summed E-state index contributed by atoms with van der Waals surface area (Å²) in [6, 6.07) is 14.6. The van der Waals surface area contributed by atoms with Gasteiger partial charge in [-0.1, -0.05) is 23.8 Å². The van der Waals surface area contributed by atoms with Crippen molar-refractivity contribution in [2.24, 2.45) is 4.99 Å². The van der Waals surface area contributed by atoms with E-state index in [9.17, 15) is 0 Å². The van der Waals surface area contributed by atoms with Gasteiger partial charge in [-0.15, -0.1) is 24.0 Å². The third kappa shape index (κ3) is 7.38. The standard InChI is InChI=1S/C22H31N5O.HI/c1-17-7-9-20(10-8-17)28-18(2)16-25-22(23-3)26-19-11-14-27(15-12-19)21-6-4-5-13-24-21;/h4-10,13,18-19H,11-12,14-16H2,1-3H3,(H2,23,25,26);1H. The smallest absolute Gasteiger partial charge is 0.191 e. The van der Waals surface area contributed by atoms with Gasteiger partial charge in [0, 0.05) is 32.4 Å². The van der Waals surface area contributed by atoms with Crippen molar-refractivity contribution in [3.8, 4) is 5.75 Å². The van der Waals surface area contributed by atoms with E-state index >= 15 is 0 Å². The molecule has 1 fully saturated rings. The summed E-state index contributed by atoms with van der Waals surface area (Å²) in [5.74, 6) is 2.78. The summed E-state index contributed by atoms with van der Waals surface area (Å²) in [7, 11) is 1.81. The molecule has 0 saturated carbocycles. The number of anilines is 1. The predicted molar refractivity (Wildman–Crippen MR) is 131 cm³/mol. The molecule has 158 valence electrons. The molecule has 1 aliphatic heterocycles. The Bertz CT molecular complexity index is 746. The van der Waals surface area contributed by atoms with Crippen LogP contribution < -0.4 is 20.3 Å². The van der Waals surface area contributed by atoms with Gasteiger partial charge in [-0.25, -0.2) is 4.98 Å². The fourth-order valence-electron chi connectivity index (χ4n) is 3.31. The SMILES string of the molecule is CN=C(NCC(C)Oc1ccc(C)cc1)NC1CCN(c2ccccn2)CC1.I. The van der Waals surface area contributed by atoms with Crippen molar-refractivity contribution in [1.29, 1.82) is 0 Å². The Balaban J connectivity index is 0.00000300. The Kier molecular flexibility index (Phi) is 9.50. The molecule has 1 unspecified atom stereocenters. The molecule has 29 heavy (non-hydrogen) atoms. The van der Waals surface area contributed by atoms with E-state index in [1.807, 2.05) is 37.5 Å². The van der Waals surface area contributed by atoms with Crippen molar-refractivity contribution in [2.45, 2.75) is 38.8 Å². The van der Waals surface area contributed by atoms with Crippen LogP contribution in [0.5, 0.6) is 5.75 Å². The molecule has 1 aromatic carbocycles. The zero-order chi connectivity index (χ0) is 19.8. The first kappa shape index (κ1) is 23.3. The van der Waals surface area contributed by atoms with Crippen LogP contribution in [0.1, 0.15) is 25.3 Å². The number of hydrogen-bond acceptors (Lipinski definition) is 4. The van der Waals surface area contributed by atoms with Gasteiger partial charge in [-0.3, -0.25) is 4.99 Å². The van der Waals surface area contributed by atoms with Gasteiger partial charge in [0.1, 0.15) is 17.7 Å². The quantitative estimate of drug-likeness (QED) is 0.354. The molecule has 0 spiro atoms. The number of piperidine rings is 1. The fourth-order valence-corrected chi connectivity index (χ4v) is 3.31. The first-order chi connectivity index (χ1) is 13.6. The highest BCUT2D eigenvalue weighted by atomic mass is 127. The molecule has 0 radical (unpaired) electrons. The Morgan fingerprint density at radius 3 is 2.55 bits per heavy atom. The molecule has 2 N–H and O–H groups in total. The van der Waals surface area contributed by atoms with Crippen LogP contribution in [0.25, 0.3) is 0 Å². The molecule has 0 bridgehead atoms. The van der Waals surface area contributed by atoms with Crippen LogP contribution in [0.4, 0.5) is 5.82 Å². The number of hydrogen-bond donors (Lipinski definition) is 2. The average Bonchev–Trinajstić information content (AvgIpc) is 2.74. The Hall–Kier alpha value is -2.03. The zero-order valence-corrected chi connectivity index (χ0v) is 19.8. The molecule has 6 nitrogen and oxygen atoms in total. The van der Waals surface area contributed by atoms with Gasteiger partial charge in [0.05, 0.1) is 6.54 Å². The third-order valence-corrected chi connectivity index (χ3v) is 4.95. The minimum atomic E-state index is 0. The number of aryl methyl sites for hydroxylation is 1. The Morgan fingerprint density at radius 2 is 1.93 bits per heavy atom. The van der Waals surface area contributed by atoms with Crippen LogP contribution >= 0.6 is 24.0 Å². The highest BCUT2D eigenvalue weighted by Crippen LogP contribution is 2.17. The molecule has 2 aromatic rings. The van der Waals surface area contributed by atoms with Crippen LogP contribution in [0.3, 0.4) is 0 Å². The van der Waals surface area contributed by atoms with Crippen LogP contribution in [0.2, 0.25) is 0 Å². The number of pyridine rings is 1. The van der Waals surface area contributed by atoms with Crippen LogP contribution in [0, 0.1) is 6.92 Å². The summed E-state index contributed by atoms with van der Waals surface area (Å²) in [5, 5.41) is 6.92. The zero-order valence-electron chi connectivity index (χ0n) is 17.5. The van der Waals surface area contributed by atoms with Crippen molar-refractivity contribution in [1.82, 2.24) is 15.6 Å². The number of nitrogens with one attached hydrogen (secondary N) is 2. The molecule has 0 amide bonds. The van der Waals surface area contributed by atoms with E-state index in [1.54, 1.807) is 0 Å². The van der Waals surface area contributed by atoms with E-state index in [4.69, 9.17) is 4.74 Å². The number of halogens is 1. The summed E-state index contributed by atoms with van der Waals surface area (Å²) in [6.07, 6.45) is 4.03. The second-order valence-corrected chi connectivity index (χ2v) is 7.29. The Morgan fingerprint density at radius 1 is 1.21 bits per heavy atom. The van der Waals surface area contributed by atoms with E-state index in [2.05, 4.69) is 57.6 Å². The first-order valence-electron chi connectivity index (χ1n) is 10.0. The molecule has 7 heteroatoms. The second kappa shape index (κ2) is 11.8. The summed E-state index contributed by atoms with van der Waals surface area (Å²) < 4.78 is 5.96. The minimum absolute atomic E-state index is 0. The topological polar surface area (TPSA) is 61.8 Å². The molecular formula is C22H32IN5O. The number of rotatable bonds is 6. The number of nitrogens with zero attached hydrogens (tertiary/aromatic N) is 3. The molecule has 1 aromatic heterocycles. The maximum Gasteiger partial charge on any atom is 0.191 e.